The molecule has 0 amide bonds. The Bertz CT molecular complexity index is 673. The molecule has 0 saturated heterocycles. The Morgan fingerprint density at radius 1 is 0.500 bits per heavy atom. The van der Waals surface area contributed by atoms with Gasteiger partial charge in [-0.3, -0.25) is 0 Å². The average molecular weight is 443 g/mol. The first-order valence-electron chi connectivity index (χ1n) is 6.37. The smallest absolute Gasteiger partial charge is 0.336 e. The average Bonchev–Trinajstić information content (AvgIpc) is 2.55. The first kappa shape index (κ1) is 25.6. The molecule has 0 fully saturated rings. The van der Waals surface area contributed by atoms with Crippen LogP contribution in [0.1, 0.15) is 41.4 Å². The van der Waals surface area contributed by atoms with Crippen molar-refractivity contribution in [3.8, 4) is 0 Å². The molecule has 2 rings (SSSR count). The Kier molecular flexibility index (Phi) is 11.7. The number of carbonyl (C=O) groups is 4. The zero-order valence-electron chi connectivity index (χ0n) is 12.8. The molecule has 0 heterocycles. The molecule has 0 aliphatic rings. The summed E-state index contributed by atoms with van der Waals surface area (Å²) in [5, 5.41) is 34.2. The third-order valence-electron chi connectivity index (χ3n) is 2.78. The van der Waals surface area contributed by atoms with Crippen molar-refractivity contribution in [1.29, 1.82) is 0 Å². The van der Waals surface area contributed by atoms with Gasteiger partial charge in [0.15, 0.2) is 0 Å². The maximum absolute atomic E-state index is 10.5. The summed E-state index contributed by atoms with van der Waals surface area (Å²) in [4.78, 5) is 41.9. The van der Waals surface area contributed by atoms with Gasteiger partial charge in [0.1, 0.15) is 0 Å². The van der Waals surface area contributed by atoms with Crippen molar-refractivity contribution < 1.29 is 73.7 Å². The second-order valence-electron chi connectivity index (χ2n) is 4.31. The minimum Gasteiger partial charge on any atom is -0.478 e. The second-order valence-corrected chi connectivity index (χ2v) is 4.31. The number of carboxylic acid groups (broad SMARTS) is 4. The molecule has 8 nitrogen and oxygen atoms in total. The molecule has 0 atom stereocenters. The van der Waals surface area contributed by atoms with E-state index in [1.807, 2.05) is 0 Å². The first-order valence-corrected chi connectivity index (χ1v) is 6.37. The quantitative estimate of drug-likeness (QED) is 0.526. The first-order chi connectivity index (χ1) is 11.3. The molecular formula is C16H12FeMnO8. The minimum absolute atomic E-state index is 0. The Hall–Kier alpha value is -2.64. The molecule has 0 aliphatic heterocycles. The van der Waals surface area contributed by atoms with Gasteiger partial charge in [0, 0.05) is 34.1 Å². The molecule has 2 aromatic carbocycles. The van der Waals surface area contributed by atoms with Crippen LogP contribution in [0.25, 0.3) is 0 Å². The van der Waals surface area contributed by atoms with Crippen molar-refractivity contribution in [3.05, 3.63) is 70.8 Å². The Labute approximate surface area is 168 Å². The van der Waals surface area contributed by atoms with E-state index in [0.717, 1.165) is 0 Å². The maximum Gasteiger partial charge on any atom is 0.336 e. The van der Waals surface area contributed by atoms with E-state index in [1.54, 1.807) is 0 Å². The number of aromatic carboxylic acids is 4. The van der Waals surface area contributed by atoms with E-state index in [9.17, 15) is 19.2 Å². The zero-order valence-corrected chi connectivity index (χ0v) is 15.1. The van der Waals surface area contributed by atoms with Gasteiger partial charge in [-0.1, -0.05) is 24.3 Å². The van der Waals surface area contributed by atoms with Crippen molar-refractivity contribution in [2.75, 3.05) is 0 Å². The fraction of sp³-hybridized carbons (Fsp3) is 0. The topological polar surface area (TPSA) is 149 Å². The van der Waals surface area contributed by atoms with Crippen LogP contribution in [-0.4, -0.2) is 44.3 Å². The van der Waals surface area contributed by atoms with Gasteiger partial charge in [0.05, 0.1) is 22.3 Å². The van der Waals surface area contributed by atoms with Gasteiger partial charge in [-0.25, -0.2) is 19.2 Å². The van der Waals surface area contributed by atoms with Crippen LogP contribution in [0.4, 0.5) is 0 Å². The van der Waals surface area contributed by atoms with E-state index in [4.69, 9.17) is 20.4 Å². The number of hydrogen-bond acceptors (Lipinski definition) is 4. The van der Waals surface area contributed by atoms with E-state index < -0.39 is 23.9 Å². The monoisotopic (exact) mass is 443 g/mol. The largest absolute Gasteiger partial charge is 0.478 e. The van der Waals surface area contributed by atoms with Gasteiger partial charge in [-0.2, -0.15) is 0 Å². The van der Waals surface area contributed by atoms with Crippen LogP contribution in [-0.2, 0) is 34.1 Å². The molecule has 26 heavy (non-hydrogen) atoms. The van der Waals surface area contributed by atoms with Gasteiger partial charge in [0.25, 0.3) is 0 Å². The summed E-state index contributed by atoms with van der Waals surface area (Å²) in [6, 6.07) is 11.0. The summed E-state index contributed by atoms with van der Waals surface area (Å²) in [6.45, 7) is 0. The van der Waals surface area contributed by atoms with Crippen LogP contribution in [0.3, 0.4) is 0 Å². The second kappa shape index (κ2) is 11.8. The van der Waals surface area contributed by atoms with Gasteiger partial charge < -0.3 is 20.4 Å². The molecule has 0 unspecified atom stereocenters. The number of rotatable bonds is 4. The third-order valence-corrected chi connectivity index (χ3v) is 2.78. The van der Waals surface area contributed by atoms with Crippen molar-refractivity contribution in [2.45, 2.75) is 0 Å². The third kappa shape index (κ3) is 7.08. The zero-order chi connectivity index (χ0) is 18.3. The Morgan fingerprint density at radius 3 is 0.769 bits per heavy atom. The van der Waals surface area contributed by atoms with Crippen LogP contribution >= 0.6 is 0 Å². The number of benzene rings is 2. The molecule has 1 radical (unpaired) electrons. The van der Waals surface area contributed by atoms with E-state index in [1.165, 1.54) is 48.5 Å². The standard InChI is InChI=1S/2C8H6O4.Fe.Mn/c2*9-7(10)5-3-1-2-4-6(5)8(11)12;;/h2*1-4H,(H,9,10)(H,11,12);;. The number of carboxylic acids is 4. The molecule has 0 aromatic heterocycles. The fourth-order valence-corrected chi connectivity index (χ4v) is 1.71. The van der Waals surface area contributed by atoms with Crippen LogP contribution in [0.15, 0.2) is 48.5 Å². The summed E-state index contributed by atoms with van der Waals surface area (Å²) < 4.78 is 0. The van der Waals surface area contributed by atoms with Crippen LogP contribution < -0.4 is 0 Å². The Morgan fingerprint density at radius 2 is 0.654 bits per heavy atom. The van der Waals surface area contributed by atoms with Crippen LogP contribution in [0.2, 0.25) is 0 Å². The molecule has 139 valence electrons. The predicted octanol–water partition coefficient (Wildman–Crippen LogP) is 2.16. The fourth-order valence-electron chi connectivity index (χ4n) is 1.71. The van der Waals surface area contributed by atoms with E-state index in [-0.39, 0.29) is 56.4 Å². The normalized spacial score (nSPS) is 8.62. The van der Waals surface area contributed by atoms with E-state index in [2.05, 4.69) is 0 Å². The summed E-state index contributed by atoms with van der Waals surface area (Å²) in [7, 11) is 0. The summed E-state index contributed by atoms with van der Waals surface area (Å²) in [5.74, 6) is -4.91. The molecule has 2 aromatic rings. The molecule has 0 aliphatic carbocycles. The summed E-state index contributed by atoms with van der Waals surface area (Å²) >= 11 is 0. The summed E-state index contributed by atoms with van der Waals surface area (Å²) in [6.07, 6.45) is 0. The predicted molar refractivity (Wildman–Crippen MR) is 80.7 cm³/mol. The van der Waals surface area contributed by atoms with Crippen LogP contribution in [0.5, 0.6) is 0 Å². The number of hydrogen-bond donors (Lipinski definition) is 4. The van der Waals surface area contributed by atoms with Crippen molar-refractivity contribution in [2.24, 2.45) is 0 Å². The Balaban J connectivity index is 0. The van der Waals surface area contributed by atoms with Crippen molar-refractivity contribution in [1.82, 2.24) is 0 Å². The maximum atomic E-state index is 10.5. The SMILES string of the molecule is O=C(O)c1ccccc1C(=O)O.O=C(O)c1ccccc1C(=O)O.[Fe].[Mn]. The van der Waals surface area contributed by atoms with Crippen molar-refractivity contribution >= 4 is 23.9 Å². The van der Waals surface area contributed by atoms with Gasteiger partial charge >= 0.3 is 23.9 Å². The van der Waals surface area contributed by atoms with Gasteiger partial charge in [-0.15, -0.1) is 0 Å². The molecule has 0 saturated carbocycles. The molecule has 0 spiro atoms. The minimum atomic E-state index is -1.23. The van der Waals surface area contributed by atoms with Crippen molar-refractivity contribution in [3.63, 3.8) is 0 Å². The summed E-state index contributed by atoms with van der Waals surface area (Å²) in [5.41, 5.74) is -0.759. The molecule has 4 N–H and O–H groups in total. The van der Waals surface area contributed by atoms with Gasteiger partial charge in [-0.05, 0) is 24.3 Å². The van der Waals surface area contributed by atoms with Gasteiger partial charge in [0.2, 0.25) is 0 Å². The molecule has 10 heteroatoms. The molecular weight excluding hydrogens is 431 g/mol. The van der Waals surface area contributed by atoms with E-state index in [0.29, 0.717) is 0 Å². The van der Waals surface area contributed by atoms with Crippen LogP contribution in [0, 0.1) is 0 Å². The molecule has 0 bridgehead atoms. The van der Waals surface area contributed by atoms with E-state index >= 15 is 0 Å².